The molecule has 1 aliphatic heterocycles. The number of fused-ring (bicyclic) bond motifs is 1. The van der Waals surface area contributed by atoms with Crippen LogP contribution in [-0.2, 0) is 11.3 Å². The molecule has 1 aliphatic rings. The number of aromatic nitrogens is 4. The molecule has 2 aromatic carbocycles. The number of hydrogen-bond acceptors (Lipinski definition) is 4. The number of nitrogens with zero attached hydrogens (tertiary/aromatic N) is 4. The van der Waals surface area contributed by atoms with Crippen molar-refractivity contribution in [2.75, 3.05) is 11.4 Å². The summed E-state index contributed by atoms with van der Waals surface area (Å²) in [6, 6.07) is 20.0. The molecule has 6 rings (SSSR count). The van der Waals surface area contributed by atoms with Gasteiger partial charge in [0.2, 0.25) is 5.91 Å². The normalized spacial score (nSPS) is 13.6. The van der Waals surface area contributed by atoms with Crippen LogP contribution in [-0.4, -0.2) is 32.2 Å². The highest BCUT2D eigenvalue weighted by Gasteiger charge is 2.21. The highest BCUT2D eigenvalue weighted by Crippen LogP contribution is 2.31. The summed E-state index contributed by atoms with van der Waals surface area (Å²) in [5, 5.41) is 7.78. The van der Waals surface area contributed by atoms with Gasteiger partial charge in [0.05, 0.1) is 12.7 Å². The average Bonchev–Trinajstić information content (AvgIpc) is 3.56. The minimum Gasteiger partial charge on any atom is -0.312 e. The van der Waals surface area contributed by atoms with Gasteiger partial charge in [-0.2, -0.15) is 5.10 Å². The molecular weight excluding hydrogens is 438 g/mol. The lowest BCUT2D eigenvalue weighted by molar-refractivity contribution is -0.117. The first-order chi connectivity index (χ1) is 17.2. The van der Waals surface area contributed by atoms with E-state index in [1.54, 1.807) is 17.0 Å². The number of aromatic amines is 1. The Balaban J connectivity index is 1.39. The zero-order valence-electron chi connectivity index (χ0n) is 19.0. The van der Waals surface area contributed by atoms with Gasteiger partial charge >= 0.3 is 0 Å². The van der Waals surface area contributed by atoms with Crippen molar-refractivity contribution in [1.29, 1.82) is 0 Å². The molecule has 3 aromatic heterocycles. The molecule has 1 saturated heterocycles. The molecule has 0 radical (unpaired) electrons. The van der Waals surface area contributed by atoms with E-state index in [-0.39, 0.29) is 11.5 Å². The fourth-order valence-electron chi connectivity index (χ4n) is 4.71. The van der Waals surface area contributed by atoms with Crippen molar-refractivity contribution in [3.05, 3.63) is 101 Å². The predicted molar refractivity (Wildman–Crippen MR) is 136 cm³/mol. The van der Waals surface area contributed by atoms with Gasteiger partial charge in [0, 0.05) is 59.3 Å². The van der Waals surface area contributed by atoms with Gasteiger partial charge in [0.25, 0.3) is 5.56 Å². The van der Waals surface area contributed by atoms with Gasteiger partial charge in [-0.3, -0.25) is 19.7 Å². The first-order valence-electron chi connectivity index (χ1n) is 11.6. The molecule has 0 atom stereocenters. The first-order valence-corrected chi connectivity index (χ1v) is 11.6. The summed E-state index contributed by atoms with van der Waals surface area (Å²) in [4.78, 5) is 31.5. The Kier molecular flexibility index (Phi) is 5.22. The summed E-state index contributed by atoms with van der Waals surface area (Å²) >= 11 is 0. The van der Waals surface area contributed by atoms with Gasteiger partial charge in [-0.25, -0.2) is 0 Å². The van der Waals surface area contributed by atoms with Crippen LogP contribution in [0.15, 0.2) is 90.2 Å². The van der Waals surface area contributed by atoms with Crippen LogP contribution in [0.3, 0.4) is 0 Å². The molecule has 0 saturated carbocycles. The summed E-state index contributed by atoms with van der Waals surface area (Å²) in [7, 11) is 0. The van der Waals surface area contributed by atoms with Crippen molar-refractivity contribution < 1.29 is 4.79 Å². The third kappa shape index (κ3) is 3.91. The molecule has 0 unspecified atom stereocenters. The van der Waals surface area contributed by atoms with Crippen LogP contribution in [0.1, 0.15) is 18.4 Å². The molecule has 0 bridgehead atoms. The number of amides is 1. The van der Waals surface area contributed by atoms with Crippen LogP contribution in [0.2, 0.25) is 0 Å². The van der Waals surface area contributed by atoms with E-state index in [4.69, 9.17) is 0 Å². The molecule has 4 heterocycles. The topological polar surface area (TPSA) is 83.9 Å². The minimum atomic E-state index is -0.110. The number of hydrogen-bond donors (Lipinski definition) is 1. The molecular formula is C28H23N5O2. The van der Waals surface area contributed by atoms with Gasteiger partial charge < -0.3 is 9.47 Å². The SMILES string of the molecule is O=C1CCCN1c1ccc(-c2cncc(-c3cn(Cc4ccccc4)c(=O)c4[nH]ncc34)c2)cc1. The van der Waals surface area contributed by atoms with E-state index in [1.807, 2.05) is 71.9 Å². The summed E-state index contributed by atoms with van der Waals surface area (Å²) in [5.74, 6) is 0.177. The lowest BCUT2D eigenvalue weighted by Gasteiger charge is -2.16. The van der Waals surface area contributed by atoms with E-state index in [0.29, 0.717) is 18.5 Å². The van der Waals surface area contributed by atoms with Gasteiger partial charge in [0.15, 0.2) is 0 Å². The molecule has 7 heteroatoms. The Labute approximate surface area is 201 Å². The van der Waals surface area contributed by atoms with E-state index >= 15 is 0 Å². The Morgan fingerprint density at radius 2 is 1.69 bits per heavy atom. The molecule has 0 aliphatic carbocycles. The van der Waals surface area contributed by atoms with Gasteiger partial charge in [-0.15, -0.1) is 0 Å². The molecule has 1 fully saturated rings. The van der Waals surface area contributed by atoms with Crippen LogP contribution >= 0.6 is 0 Å². The molecule has 7 nitrogen and oxygen atoms in total. The van der Waals surface area contributed by atoms with E-state index in [0.717, 1.165) is 51.9 Å². The highest BCUT2D eigenvalue weighted by atomic mass is 16.2. The molecule has 172 valence electrons. The fraction of sp³-hybridized carbons (Fsp3) is 0.143. The number of nitrogens with one attached hydrogen (secondary N) is 1. The second-order valence-electron chi connectivity index (χ2n) is 8.78. The largest absolute Gasteiger partial charge is 0.312 e. The lowest BCUT2D eigenvalue weighted by atomic mass is 10.0. The average molecular weight is 462 g/mol. The number of carbonyl (C=O) groups excluding carboxylic acids is 1. The number of anilines is 1. The number of pyridine rings is 2. The number of benzene rings is 2. The first kappa shape index (κ1) is 21.0. The third-order valence-electron chi connectivity index (χ3n) is 6.52. The van der Waals surface area contributed by atoms with Gasteiger partial charge in [0.1, 0.15) is 5.52 Å². The summed E-state index contributed by atoms with van der Waals surface area (Å²) < 4.78 is 1.71. The monoisotopic (exact) mass is 461 g/mol. The van der Waals surface area contributed by atoms with Crippen molar-refractivity contribution >= 4 is 22.5 Å². The van der Waals surface area contributed by atoms with Crippen molar-refractivity contribution in [3.8, 4) is 22.3 Å². The van der Waals surface area contributed by atoms with Crippen molar-refractivity contribution in [2.45, 2.75) is 19.4 Å². The fourth-order valence-corrected chi connectivity index (χ4v) is 4.71. The quantitative estimate of drug-likeness (QED) is 0.414. The molecule has 0 spiro atoms. The Hall–Kier alpha value is -4.52. The number of H-pyrrole nitrogens is 1. The highest BCUT2D eigenvalue weighted by molar-refractivity contribution is 5.96. The summed E-state index contributed by atoms with van der Waals surface area (Å²) in [6.07, 6.45) is 8.72. The predicted octanol–water partition coefficient (Wildman–Crippen LogP) is 4.63. The Morgan fingerprint density at radius 3 is 2.46 bits per heavy atom. The van der Waals surface area contributed by atoms with Crippen LogP contribution in [0.5, 0.6) is 0 Å². The van der Waals surface area contributed by atoms with Gasteiger partial charge in [-0.05, 0) is 35.7 Å². The molecule has 1 amide bonds. The number of carbonyl (C=O) groups is 1. The minimum absolute atomic E-state index is 0.110. The van der Waals surface area contributed by atoms with Crippen molar-refractivity contribution in [3.63, 3.8) is 0 Å². The second-order valence-corrected chi connectivity index (χ2v) is 8.78. The zero-order valence-corrected chi connectivity index (χ0v) is 19.0. The second kappa shape index (κ2) is 8.68. The Morgan fingerprint density at radius 1 is 0.886 bits per heavy atom. The number of rotatable bonds is 5. The van der Waals surface area contributed by atoms with E-state index in [9.17, 15) is 9.59 Å². The standard InChI is InChI=1S/C28H23N5O2/c34-26-7-4-12-33(26)23-10-8-20(9-11-23)21-13-22(15-29-14-21)25-18-32(17-19-5-2-1-3-6-19)28(35)27-24(25)16-30-31-27/h1-3,5-6,8-11,13-16,18H,4,7,12,17H2,(H,30,31). The van der Waals surface area contributed by atoms with Crippen molar-refractivity contribution in [2.24, 2.45) is 0 Å². The molecule has 1 N–H and O–H groups in total. The van der Waals surface area contributed by atoms with Crippen molar-refractivity contribution in [1.82, 2.24) is 19.7 Å². The van der Waals surface area contributed by atoms with Crippen LogP contribution in [0.25, 0.3) is 33.2 Å². The van der Waals surface area contributed by atoms with Crippen LogP contribution in [0.4, 0.5) is 5.69 Å². The molecule has 35 heavy (non-hydrogen) atoms. The lowest BCUT2D eigenvalue weighted by Crippen LogP contribution is -2.23. The van der Waals surface area contributed by atoms with Crippen LogP contribution < -0.4 is 10.5 Å². The van der Waals surface area contributed by atoms with E-state index in [2.05, 4.69) is 21.2 Å². The maximum Gasteiger partial charge on any atom is 0.276 e. The summed E-state index contributed by atoms with van der Waals surface area (Å²) in [5.41, 5.74) is 6.09. The smallest absolute Gasteiger partial charge is 0.276 e. The third-order valence-corrected chi connectivity index (χ3v) is 6.52. The Bertz CT molecular complexity index is 1590. The molecule has 5 aromatic rings. The zero-order chi connectivity index (χ0) is 23.8. The van der Waals surface area contributed by atoms with E-state index < -0.39 is 0 Å². The summed E-state index contributed by atoms with van der Waals surface area (Å²) in [6.45, 7) is 1.24. The van der Waals surface area contributed by atoms with Gasteiger partial charge in [-0.1, -0.05) is 42.5 Å². The maximum atomic E-state index is 13.1. The van der Waals surface area contributed by atoms with Crippen LogP contribution in [0, 0.1) is 0 Å². The van der Waals surface area contributed by atoms with E-state index in [1.165, 1.54) is 0 Å². The maximum absolute atomic E-state index is 13.1.